The summed E-state index contributed by atoms with van der Waals surface area (Å²) in [5.41, 5.74) is 1.03. The van der Waals surface area contributed by atoms with Crippen LogP contribution in [-0.2, 0) is 11.3 Å². The summed E-state index contributed by atoms with van der Waals surface area (Å²) in [6, 6.07) is 10.5. The van der Waals surface area contributed by atoms with Gasteiger partial charge < -0.3 is 14.5 Å². The minimum Gasteiger partial charge on any atom is -0.468 e. The number of nitrogens with zero attached hydrogens (tertiary/aromatic N) is 2. The third kappa shape index (κ3) is 4.45. The molecule has 2 aliphatic rings. The van der Waals surface area contributed by atoms with Crippen molar-refractivity contribution in [2.45, 2.75) is 25.5 Å². The van der Waals surface area contributed by atoms with E-state index in [1.54, 1.807) is 0 Å². The van der Waals surface area contributed by atoms with Crippen LogP contribution < -0.4 is 4.90 Å². The molecule has 2 saturated heterocycles. The number of hydrogen-bond donors (Lipinski definition) is 1. The Balaban J connectivity index is 1.40. The van der Waals surface area contributed by atoms with Crippen molar-refractivity contribution in [2.24, 2.45) is 0 Å². The van der Waals surface area contributed by atoms with E-state index in [2.05, 4.69) is 11.9 Å². The van der Waals surface area contributed by atoms with Crippen molar-refractivity contribution >= 4 is 6.09 Å². The molecule has 126 valence electrons. The number of ether oxygens (including phenoxy) is 1. The molecule has 1 aromatic rings. The molecule has 2 aliphatic heterocycles. The van der Waals surface area contributed by atoms with Gasteiger partial charge in [-0.1, -0.05) is 30.3 Å². The summed E-state index contributed by atoms with van der Waals surface area (Å²) in [7, 11) is 4.09. The van der Waals surface area contributed by atoms with Crippen molar-refractivity contribution in [3.05, 3.63) is 42.9 Å². The number of quaternary nitrogens is 1. The average Bonchev–Trinajstić information content (AvgIpc) is 2.61. The molecule has 2 heterocycles. The van der Waals surface area contributed by atoms with Gasteiger partial charge in [0.2, 0.25) is 0 Å². The fourth-order valence-electron chi connectivity index (χ4n) is 3.46. The zero-order valence-electron chi connectivity index (χ0n) is 13.7. The van der Waals surface area contributed by atoms with Crippen LogP contribution in [0.3, 0.4) is 0 Å². The molecule has 0 radical (unpaired) electrons. The lowest BCUT2D eigenvalue weighted by Gasteiger charge is -2.42. The van der Waals surface area contributed by atoms with Gasteiger partial charge >= 0.3 is 6.09 Å². The molecule has 5 heteroatoms. The summed E-state index contributed by atoms with van der Waals surface area (Å²) in [5, 5.41) is 0. The SMILES string of the molecule is [CH2-][NH+]1CCC(N2CCN(C(=O)OCc3ccccc3)CC2)CC1. The number of nitrogens with one attached hydrogen (secondary N) is 1. The van der Waals surface area contributed by atoms with Crippen LogP contribution in [0.15, 0.2) is 30.3 Å². The van der Waals surface area contributed by atoms with E-state index < -0.39 is 0 Å². The molecule has 0 bridgehead atoms. The normalized spacial score (nSPS) is 26.0. The fraction of sp³-hybridized carbons (Fsp3) is 0.556. The molecule has 0 aliphatic carbocycles. The molecule has 0 unspecified atom stereocenters. The van der Waals surface area contributed by atoms with Crippen LogP contribution in [0, 0.1) is 7.05 Å². The Labute approximate surface area is 138 Å². The van der Waals surface area contributed by atoms with Crippen LogP contribution in [0.1, 0.15) is 18.4 Å². The predicted molar refractivity (Wildman–Crippen MR) is 88.8 cm³/mol. The van der Waals surface area contributed by atoms with Crippen molar-refractivity contribution in [2.75, 3.05) is 39.3 Å². The van der Waals surface area contributed by atoms with Crippen LogP contribution >= 0.6 is 0 Å². The molecule has 23 heavy (non-hydrogen) atoms. The summed E-state index contributed by atoms with van der Waals surface area (Å²) in [5.74, 6) is 0. The second-order valence-electron chi connectivity index (χ2n) is 6.54. The monoisotopic (exact) mass is 317 g/mol. The van der Waals surface area contributed by atoms with Gasteiger partial charge in [0.25, 0.3) is 0 Å². The summed E-state index contributed by atoms with van der Waals surface area (Å²) in [6.45, 7) is 6.11. The van der Waals surface area contributed by atoms with E-state index in [0.29, 0.717) is 12.6 Å². The maximum Gasteiger partial charge on any atom is 0.410 e. The third-order valence-electron chi connectivity index (χ3n) is 4.96. The maximum atomic E-state index is 12.2. The first-order chi connectivity index (χ1) is 11.2. The van der Waals surface area contributed by atoms with Gasteiger partial charge in [-0.15, -0.1) is 0 Å². The highest BCUT2D eigenvalue weighted by molar-refractivity contribution is 5.67. The molecule has 1 amide bonds. The second kappa shape index (κ2) is 7.79. The van der Waals surface area contributed by atoms with E-state index in [1.165, 1.54) is 17.7 Å². The second-order valence-corrected chi connectivity index (χ2v) is 6.54. The van der Waals surface area contributed by atoms with Crippen LogP contribution in [0.25, 0.3) is 0 Å². The number of carbonyl (C=O) groups is 1. The van der Waals surface area contributed by atoms with Crippen LogP contribution in [0.5, 0.6) is 0 Å². The number of piperazine rings is 1. The molecule has 1 aromatic carbocycles. The van der Waals surface area contributed by atoms with Crippen LogP contribution in [0.2, 0.25) is 0 Å². The van der Waals surface area contributed by atoms with Gasteiger partial charge in [-0.05, 0) is 5.56 Å². The number of benzene rings is 1. The molecule has 0 spiro atoms. The summed E-state index contributed by atoms with van der Waals surface area (Å²) in [4.78, 5) is 17.9. The van der Waals surface area contributed by atoms with Gasteiger partial charge in [-0.25, -0.2) is 4.79 Å². The van der Waals surface area contributed by atoms with Gasteiger partial charge in [0.15, 0.2) is 0 Å². The van der Waals surface area contributed by atoms with Gasteiger partial charge in [-0.3, -0.25) is 4.90 Å². The first-order valence-corrected chi connectivity index (χ1v) is 8.59. The van der Waals surface area contributed by atoms with Crippen molar-refractivity contribution in [1.82, 2.24) is 9.80 Å². The molecular weight excluding hydrogens is 290 g/mol. The minimum atomic E-state index is -0.189. The smallest absolute Gasteiger partial charge is 0.410 e. The Bertz CT molecular complexity index is 492. The zero-order valence-corrected chi connectivity index (χ0v) is 13.7. The first-order valence-electron chi connectivity index (χ1n) is 8.59. The zero-order chi connectivity index (χ0) is 16.1. The molecular formula is C18H27N3O2. The highest BCUT2D eigenvalue weighted by Crippen LogP contribution is 2.14. The van der Waals surface area contributed by atoms with Crippen molar-refractivity contribution in [3.8, 4) is 0 Å². The van der Waals surface area contributed by atoms with E-state index >= 15 is 0 Å². The Hall–Kier alpha value is -1.59. The van der Waals surface area contributed by atoms with Gasteiger partial charge in [-0.2, -0.15) is 7.05 Å². The molecule has 1 N–H and O–H groups in total. The predicted octanol–water partition coefficient (Wildman–Crippen LogP) is 0.780. The Kier molecular flexibility index (Phi) is 5.51. The van der Waals surface area contributed by atoms with E-state index in [0.717, 1.165) is 44.8 Å². The lowest BCUT2D eigenvalue weighted by molar-refractivity contribution is -0.859. The minimum absolute atomic E-state index is 0.189. The topological polar surface area (TPSA) is 37.2 Å². The lowest BCUT2D eigenvalue weighted by Crippen LogP contribution is -3.08. The highest BCUT2D eigenvalue weighted by atomic mass is 16.6. The molecule has 2 fully saturated rings. The summed E-state index contributed by atoms with van der Waals surface area (Å²) in [6.07, 6.45) is 2.25. The number of piperidine rings is 1. The molecule has 0 aromatic heterocycles. The van der Waals surface area contributed by atoms with Gasteiger partial charge in [0, 0.05) is 45.1 Å². The third-order valence-corrected chi connectivity index (χ3v) is 4.96. The van der Waals surface area contributed by atoms with E-state index in [9.17, 15) is 4.79 Å². The molecule has 3 rings (SSSR count). The van der Waals surface area contributed by atoms with Gasteiger partial charge in [0.05, 0.1) is 13.1 Å². The maximum absolute atomic E-state index is 12.2. The van der Waals surface area contributed by atoms with Crippen molar-refractivity contribution < 1.29 is 14.4 Å². The summed E-state index contributed by atoms with van der Waals surface area (Å²) >= 11 is 0. The molecule has 5 nitrogen and oxygen atoms in total. The highest BCUT2D eigenvalue weighted by Gasteiger charge is 2.28. The van der Waals surface area contributed by atoms with Crippen LogP contribution in [-0.4, -0.2) is 61.2 Å². The fourth-order valence-corrected chi connectivity index (χ4v) is 3.46. The van der Waals surface area contributed by atoms with Crippen molar-refractivity contribution in [1.29, 1.82) is 0 Å². The van der Waals surface area contributed by atoms with E-state index in [1.807, 2.05) is 35.2 Å². The molecule has 0 atom stereocenters. The lowest BCUT2D eigenvalue weighted by atomic mass is 10.0. The number of likely N-dealkylation sites (tertiary alicyclic amines) is 1. The Morgan fingerprint density at radius 2 is 1.78 bits per heavy atom. The largest absolute Gasteiger partial charge is 0.468 e. The van der Waals surface area contributed by atoms with E-state index in [4.69, 9.17) is 4.74 Å². The quantitative estimate of drug-likeness (QED) is 0.837. The first kappa shape index (κ1) is 16.3. The van der Waals surface area contributed by atoms with Crippen LogP contribution in [0.4, 0.5) is 4.79 Å². The summed E-state index contributed by atoms with van der Waals surface area (Å²) < 4.78 is 5.42. The average molecular weight is 317 g/mol. The standard InChI is InChI=1S/C18H27N3O2/c1-19-9-7-17(8-10-19)20-11-13-21(14-12-20)18(22)23-15-16-5-3-2-4-6-16/h2-6,17,19H,1,7-15H2. The van der Waals surface area contributed by atoms with Crippen molar-refractivity contribution in [3.63, 3.8) is 0 Å². The molecule has 0 saturated carbocycles. The number of rotatable bonds is 3. The number of amides is 1. The van der Waals surface area contributed by atoms with Gasteiger partial charge in [0.1, 0.15) is 6.61 Å². The number of carbonyl (C=O) groups excluding carboxylic acids is 1. The van der Waals surface area contributed by atoms with E-state index in [-0.39, 0.29) is 6.09 Å². The number of hydrogen-bond acceptors (Lipinski definition) is 3. The Morgan fingerprint density at radius 1 is 1.13 bits per heavy atom. The Morgan fingerprint density at radius 3 is 2.43 bits per heavy atom.